The summed E-state index contributed by atoms with van der Waals surface area (Å²) in [7, 11) is 0. The standard InChI is InChI=1S/C17H28N2O/c1-4-8-18-11-15-5-6-16(10-13(15)2)19-9-7-17(20)14(3)12-19/h5-6,10,14,17-18,20H,4,7-9,11-12H2,1-3H3. The lowest BCUT2D eigenvalue weighted by atomic mass is 9.96. The van der Waals surface area contributed by atoms with Crippen LogP contribution in [0.5, 0.6) is 0 Å². The SMILES string of the molecule is CCCNCc1ccc(N2CCC(O)C(C)C2)cc1C. The Morgan fingerprint density at radius 1 is 1.40 bits per heavy atom. The summed E-state index contributed by atoms with van der Waals surface area (Å²) in [6.07, 6.45) is 1.91. The van der Waals surface area contributed by atoms with Gasteiger partial charge < -0.3 is 15.3 Å². The van der Waals surface area contributed by atoms with Gasteiger partial charge in [0.2, 0.25) is 0 Å². The highest BCUT2D eigenvalue weighted by Gasteiger charge is 2.24. The highest BCUT2D eigenvalue weighted by Crippen LogP contribution is 2.25. The lowest BCUT2D eigenvalue weighted by molar-refractivity contribution is 0.0971. The molecule has 2 rings (SSSR count). The van der Waals surface area contributed by atoms with E-state index in [1.807, 2.05) is 0 Å². The minimum absolute atomic E-state index is 0.134. The highest BCUT2D eigenvalue weighted by molar-refractivity contribution is 5.51. The van der Waals surface area contributed by atoms with Gasteiger partial charge in [-0.25, -0.2) is 0 Å². The third kappa shape index (κ3) is 3.74. The number of aliphatic hydroxyl groups is 1. The maximum Gasteiger partial charge on any atom is 0.0599 e. The predicted octanol–water partition coefficient (Wildman–Crippen LogP) is 2.70. The largest absolute Gasteiger partial charge is 0.393 e. The Kier molecular flexibility index (Phi) is 5.44. The zero-order valence-electron chi connectivity index (χ0n) is 13.0. The fourth-order valence-electron chi connectivity index (χ4n) is 2.84. The molecule has 1 aromatic rings. The zero-order chi connectivity index (χ0) is 14.5. The molecule has 1 aliphatic rings. The Morgan fingerprint density at radius 3 is 2.85 bits per heavy atom. The summed E-state index contributed by atoms with van der Waals surface area (Å²) in [5.74, 6) is 0.356. The molecule has 0 saturated carbocycles. The number of benzene rings is 1. The molecule has 2 atom stereocenters. The van der Waals surface area contributed by atoms with Crippen LogP contribution in [0.4, 0.5) is 5.69 Å². The van der Waals surface area contributed by atoms with E-state index in [-0.39, 0.29) is 6.10 Å². The van der Waals surface area contributed by atoms with Gasteiger partial charge in [-0.1, -0.05) is 19.9 Å². The van der Waals surface area contributed by atoms with Crippen LogP contribution in [0.15, 0.2) is 18.2 Å². The molecule has 0 amide bonds. The molecule has 1 aromatic carbocycles. The Bertz CT molecular complexity index is 433. The Labute approximate surface area is 123 Å². The number of piperidine rings is 1. The number of nitrogens with zero attached hydrogens (tertiary/aromatic N) is 1. The predicted molar refractivity (Wildman–Crippen MR) is 85.2 cm³/mol. The van der Waals surface area contributed by atoms with Crippen LogP contribution < -0.4 is 10.2 Å². The molecule has 0 aliphatic carbocycles. The topological polar surface area (TPSA) is 35.5 Å². The van der Waals surface area contributed by atoms with Crippen LogP contribution in [-0.2, 0) is 6.54 Å². The molecule has 1 aliphatic heterocycles. The van der Waals surface area contributed by atoms with E-state index < -0.39 is 0 Å². The number of nitrogens with one attached hydrogen (secondary N) is 1. The van der Waals surface area contributed by atoms with Gasteiger partial charge in [-0.05, 0) is 55.5 Å². The highest BCUT2D eigenvalue weighted by atomic mass is 16.3. The quantitative estimate of drug-likeness (QED) is 0.812. The van der Waals surface area contributed by atoms with Gasteiger partial charge in [0.25, 0.3) is 0 Å². The maximum absolute atomic E-state index is 9.83. The first-order valence-corrected chi connectivity index (χ1v) is 7.85. The van der Waals surface area contributed by atoms with Gasteiger partial charge >= 0.3 is 0 Å². The molecule has 20 heavy (non-hydrogen) atoms. The van der Waals surface area contributed by atoms with Crippen molar-refractivity contribution in [2.45, 2.75) is 46.3 Å². The summed E-state index contributed by atoms with van der Waals surface area (Å²) in [4.78, 5) is 2.40. The first-order chi connectivity index (χ1) is 9.61. The van der Waals surface area contributed by atoms with Crippen LogP contribution in [0.25, 0.3) is 0 Å². The number of anilines is 1. The monoisotopic (exact) mass is 276 g/mol. The fraction of sp³-hybridized carbons (Fsp3) is 0.647. The van der Waals surface area contributed by atoms with Crippen molar-refractivity contribution < 1.29 is 5.11 Å². The van der Waals surface area contributed by atoms with Gasteiger partial charge in [0, 0.05) is 25.3 Å². The Balaban J connectivity index is 2.01. The molecule has 1 fully saturated rings. The van der Waals surface area contributed by atoms with Crippen LogP contribution in [-0.4, -0.2) is 30.8 Å². The number of hydrogen-bond donors (Lipinski definition) is 2. The van der Waals surface area contributed by atoms with Gasteiger partial charge in [0.15, 0.2) is 0 Å². The van der Waals surface area contributed by atoms with Crippen molar-refractivity contribution in [3.63, 3.8) is 0 Å². The van der Waals surface area contributed by atoms with E-state index in [1.54, 1.807) is 0 Å². The van der Waals surface area contributed by atoms with E-state index in [9.17, 15) is 5.11 Å². The number of rotatable bonds is 5. The molecular weight excluding hydrogens is 248 g/mol. The van der Waals surface area contributed by atoms with E-state index >= 15 is 0 Å². The van der Waals surface area contributed by atoms with Gasteiger partial charge in [0.1, 0.15) is 0 Å². The lowest BCUT2D eigenvalue weighted by Crippen LogP contribution is -2.42. The van der Waals surface area contributed by atoms with Crippen LogP contribution in [0.2, 0.25) is 0 Å². The zero-order valence-corrected chi connectivity index (χ0v) is 13.0. The van der Waals surface area contributed by atoms with Crippen LogP contribution in [0.1, 0.15) is 37.8 Å². The molecule has 3 nitrogen and oxygen atoms in total. The van der Waals surface area contributed by atoms with Crippen molar-refractivity contribution in [2.75, 3.05) is 24.5 Å². The summed E-state index contributed by atoms with van der Waals surface area (Å²) >= 11 is 0. The van der Waals surface area contributed by atoms with Crippen molar-refractivity contribution in [2.24, 2.45) is 5.92 Å². The smallest absolute Gasteiger partial charge is 0.0599 e. The number of hydrogen-bond acceptors (Lipinski definition) is 3. The van der Waals surface area contributed by atoms with E-state index in [1.165, 1.54) is 23.2 Å². The first kappa shape index (κ1) is 15.3. The molecule has 0 spiro atoms. The van der Waals surface area contributed by atoms with Crippen LogP contribution >= 0.6 is 0 Å². The normalized spacial score (nSPS) is 23.1. The molecule has 0 aromatic heterocycles. The molecular formula is C17H28N2O. The lowest BCUT2D eigenvalue weighted by Gasteiger charge is -2.36. The van der Waals surface area contributed by atoms with Crippen LogP contribution in [0, 0.1) is 12.8 Å². The summed E-state index contributed by atoms with van der Waals surface area (Å²) in [6, 6.07) is 6.75. The molecule has 0 bridgehead atoms. The molecule has 3 heteroatoms. The third-order valence-corrected chi connectivity index (χ3v) is 4.29. The molecule has 1 heterocycles. The molecule has 0 radical (unpaired) electrons. The van der Waals surface area contributed by atoms with Crippen molar-refractivity contribution in [1.82, 2.24) is 5.32 Å². The summed E-state index contributed by atoms with van der Waals surface area (Å²) in [6.45, 7) is 10.4. The fourth-order valence-corrected chi connectivity index (χ4v) is 2.84. The van der Waals surface area contributed by atoms with E-state index in [4.69, 9.17) is 0 Å². The second-order valence-electron chi connectivity index (χ2n) is 6.07. The van der Waals surface area contributed by atoms with Gasteiger partial charge in [0.05, 0.1) is 6.10 Å². The Morgan fingerprint density at radius 2 is 2.20 bits per heavy atom. The molecule has 1 saturated heterocycles. The minimum atomic E-state index is -0.134. The third-order valence-electron chi connectivity index (χ3n) is 4.29. The minimum Gasteiger partial charge on any atom is -0.393 e. The van der Waals surface area contributed by atoms with E-state index in [0.717, 1.165) is 32.6 Å². The van der Waals surface area contributed by atoms with Gasteiger partial charge in [-0.3, -0.25) is 0 Å². The van der Waals surface area contributed by atoms with Crippen molar-refractivity contribution in [3.05, 3.63) is 29.3 Å². The summed E-state index contributed by atoms with van der Waals surface area (Å²) < 4.78 is 0. The first-order valence-electron chi connectivity index (χ1n) is 7.85. The van der Waals surface area contributed by atoms with Crippen LogP contribution in [0.3, 0.4) is 0 Å². The number of aliphatic hydroxyl groups excluding tert-OH is 1. The molecule has 2 unspecified atom stereocenters. The van der Waals surface area contributed by atoms with Crippen molar-refractivity contribution >= 4 is 5.69 Å². The van der Waals surface area contributed by atoms with E-state index in [0.29, 0.717) is 5.92 Å². The second kappa shape index (κ2) is 7.09. The average Bonchev–Trinajstić information content (AvgIpc) is 2.44. The molecule has 112 valence electrons. The van der Waals surface area contributed by atoms with E-state index in [2.05, 4.69) is 49.2 Å². The summed E-state index contributed by atoms with van der Waals surface area (Å²) in [5.41, 5.74) is 4.03. The van der Waals surface area contributed by atoms with Gasteiger partial charge in [-0.2, -0.15) is 0 Å². The maximum atomic E-state index is 9.83. The van der Waals surface area contributed by atoms with Gasteiger partial charge in [-0.15, -0.1) is 0 Å². The summed E-state index contributed by atoms with van der Waals surface area (Å²) in [5, 5.41) is 13.3. The number of aryl methyl sites for hydroxylation is 1. The Hall–Kier alpha value is -1.06. The van der Waals surface area contributed by atoms with Crippen molar-refractivity contribution in [3.8, 4) is 0 Å². The van der Waals surface area contributed by atoms with Crippen molar-refractivity contribution in [1.29, 1.82) is 0 Å². The molecule has 2 N–H and O–H groups in total. The average molecular weight is 276 g/mol. The second-order valence-corrected chi connectivity index (χ2v) is 6.07.